The minimum absolute atomic E-state index is 0.186. The molecular weight excluding hydrogens is 791 g/mol. The number of rotatable bonds is 8. The van der Waals surface area contributed by atoms with E-state index in [1.807, 2.05) is 55.4 Å². The summed E-state index contributed by atoms with van der Waals surface area (Å²) in [4.78, 5) is 18.0. The predicted molar refractivity (Wildman–Crippen MR) is 270 cm³/mol. The second-order valence-corrected chi connectivity index (χ2v) is 17.2. The number of hydrogen-bond acceptors (Lipinski definition) is 4. The molecule has 0 saturated heterocycles. The molecule has 5 nitrogen and oxygen atoms in total. The molecule has 310 valence electrons. The van der Waals surface area contributed by atoms with Crippen LogP contribution >= 0.6 is 0 Å². The molecule has 0 radical (unpaired) electrons. The van der Waals surface area contributed by atoms with E-state index in [1.54, 1.807) is 12.4 Å². The molecule has 0 saturated carbocycles. The Morgan fingerprint density at radius 1 is 0.462 bits per heavy atom. The first kappa shape index (κ1) is 39.6. The SMILES string of the molecule is C=C/C=C1\C(=C/C)C(C)(C)c2cc3c(cc21)c1ccccc1n3-c1cc(-c2cccc(-c3cncc(-c4cccnc4)c3)c2)cc(-c2cccc(-c3cncc(-c4cccnc4)c3)c2)c1. The molecule has 0 bridgehead atoms. The normalized spacial score (nSPS) is 14.3. The first-order valence-corrected chi connectivity index (χ1v) is 22.0. The minimum atomic E-state index is -0.186. The van der Waals surface area contributed by atoms with E-state index in [4.69, 9.17) is 0 Å². The number of nitrogens with zero attached hydrogens (tertiary/aromatic N) is 5. The van der Waals surface area contributed by atoms with Gasteiger partial charge in [-0.3, -0.25) is 19.9 Å². The molecule has 0 unspecified atom stereocenters. The second kappa shape index (κ2) is 16.1. The average molecular weight is 836 g/mol. The summed E-state index contributed by atoms with van der Waals surface area (Å²) in [6.45, 7) is 10.9. The summed E-state index contributed by atoms with van der Waals surface area (Å²) < 4.78 is 2.47. The maximum atomic E-state index is 4.66. The van der Waals surface area contributed by atoms with Crippen LogP contribution in [0.15, 0.2) is 219 Å². The van der Waals surface area contributed by atoms with Crippen LogP contribution in [0.25, 0.3) is 99.8 Å². The van der Waals surface area contributed by atoms with Crippen LogP contribution in [0.2, 0.25) is 0 Å². The quantitative estimate of drug-likeness (QED) is 0.153. The van der Waals surface area contributed by atoms with Crippen molar-refractivity contribution in [2.24, 2.45) is 0 Å². The van der Waals surface area contributed by atoms with E-state index >= 15 is 0 Å². The second-order valence-electron chi connectivity index (χ2n) is 17.2. The van der Waals surface area contributed by atoms with Crippen LogP contribution in [0.3, 0.4) is 0 Å². The Labute approximate surface area is 379 Å². The number of para-hydroxylation sites is 1. The topological polar surface area (TPSA) is 56.5 Å². The molecule has 0 fully saturated rings. The number of allylic oxidation sites excluding steroid dienone is 5. The lowest BCUT2D eigenvalue weighted by atomic mass is 9.82. The molecule has 5 heteroatoms. The summed E-state index contributed by atoms with van der Waals surface area (Å²) in [6.07, 6.45) is 21.4. The Morgan fingerprint density at radius 3 is 1.49 bits per heavy atom. The molecule has 5 heterocycles. The number of benzene rings is 5. The highest BCUT2D eigenvalue weighted by atomic mass is 15.0. The zero-order chi connectivity index (χ0) is 44.1. The molecule has 1 aliphatic carbocycles. The third-order valence-electron chi connectivity index (χ3n) is 13.0. The predicted octanol–water partition coefficient (Wildman–Crippen LogP) is 15.2. The van der Waals surface area contributed by atoms with Gasteiger partial charge in [0, 0.05) is 105 Å². The van der Waals surface area contributed by atoms with Crippen molar-refractivity contribution in [1.82, 2.24) is 24.5 Å². The summed E-state index contributed by atoms with van der Waals surface area (Å²) in [6, 6.07) is 50.8. The Balaban J connectivity index is 1.12. The fourth-order valence-corrected chi connectivity index (χ4v) is 9.88. The van der Waals surface area contributed by atoms with Gasteiger partial charge >= 0.3 is 0 Å². The van der Waals surface area contributed by atoms with Crippen molar-refractivity contribution in [3.8, 4) is 72.4 Å². The average Bonchev–Trinajstić information content (AvgIpc) is 3.80. The zero-order valence-electron chi connectivity index (χ0n) is 36.6. The molecule has 0 atom stereocenters. The van der Waals surface area contributed by atoms with Crippen molar-refractivity contribution < 1.29 is 0 Å². The van der Waals surface area contributed by atoms with Crippen molar-refractivity contribution >= 4 is 27.4 Å². The van der Waals surface area contributed by atoms with Gasteiger partial charge in [0.15, 0.2) is 0 Å². The van der Waals surface area contributed by atoms with Crippen LogP contribution in [0.4, 0.5) is 0 Å². The molecule has 5 aromatic heterocycles. The van der Waals surface area contributed by atoms with Crippen LogP contribution in [-0.4, -0.2) is 24.5 Å². The Morgan fingerprint density at radius 2 is 0.954 bits per heavy atom. The van der Waals surface area contributed by atoms with E-state index in [0.29, 0.717) is 0 Å². The van der Waals surface area contributed by atoms with E-state index in [9.17, 15) is 0 Å². The maximum absolute atomic E-state index is 4.66. The van der Waals surface area contributed by atoms with E-state index < -0.39 is 0 Å². The molecular formula is C60H45N5. The van der Waals surface area contributed by atoms with Gasteiger partial charge in [0.25, 0.3) is 0 Å². The standard InChI is InChI=1S/C60H45N5/c1-5-13-52-54-31-55-53-20-7-8-21-58(53)65(59(55)32-57(54)60(3,4)56(52)6-2)51-29-45(39-14-9-16-41(24-39)47-27-49(37-63-35-47)43-18-11-22-61-33-43)26-46(30-51)40-15-10-17-42(25-40)48-28-50(38-64-36-48)44-19-12-23-62-34-44/h5-38H,1H2,2-4H3/b52-13-,56-6+. The molecule has 0 aliphatic heterocycles. The van der Waals surface area contributed by atoms with Gasteiger partial charge in [-0.15, -0.1) is 0 Å². The van der Waals surface area contributed by atoms with Gasteiger partial charge in [0.05, 0.1) is 11.0 Å². The van der Waals surface area contributed by atoms with Crippen LogP contribution in [0, 0.1) is 0 Å². The largest absolute Gasteiger partial charge is 0.309 e. The molecule has 65 heavy (non-hydrogen) atoms. The van der Waals surface area contributed by atoms with Gasteiger partial charge < -0.3 is 4.57 Å². The monoisotopic (exact) mass is 835 g/mol. The lowest BCUT2D eigenvalue weighted by Gasteiger charge is -2.22. The smallest absolute Gasteiger partial charge is 0.0544 e. The Hall–Kier alpha value is -8.28. The third-order valence-corrected chi connectivity index (χ3v) is 13.0. The van der Waals surface area contributed by atoms with Crippen molar-refractivity contribution in [2.75, 3.05) is 0 Å². The van der Waals surface area contributed by atoms with Crippen LogP contribution in [-0.2, 0) is 5.41 Å². The van der Waals surface area contributed by atoms with Gasteiger partial charge in [-0.1, -0.05) is 105 Å². The highest BCUT2D eigenvalue weighted by Crippen LogP contribution is 2.52. The number of fused-ring (bicyclic) bond motifs is 4. The van der Waals surface area contributed by atoms with Gasteiger partial charge in [0.2, 0.25) is 0 Å². The lowest BCUT2D eigenvalue weighted by molar-refractivity contribution is 0.660. The minimum Gasteiger partial charge on any atom is -0.309 e. The molecule has 1 aliphatic rings. The highest BCUT2D eigenvalue weighted by Gasteiger charge is 2.38. The Kier molecular flexibility index (Phi) is 9.81. The summed E-state index contributed by atoms with van der Waals surface area (Å²) in [7, 11) is 0. The van der Waals surface area contributed by atoms with E-state index in [-0.39, 0.29) is 5.41 Å². The molecule has 0 N–H and O–H groups in total. The summed E-state index contributed by atoms with van der Waals surface area (Å²) in [5, 5.41) is 2.44. The molecule has 0 amide bonds. The van der Waals surface area contributed by atoms with Crippen molar-refractivity contribution in [3.63, 3.8) is 0 Å². The fraction of sp³-hybridized carbons (Fsp3) is 0.0667. The molecule has 10 aromatic rings. The molecule has 11 rings (SSSR count). The van der Waals surface area contributed by atoms with E-state index in [1.165, 1.54) is 38.6 Å². The summed E-state index contributed by atoms with van der Waals surface area (Å²) in [5.74, 6) is 0. The van der Waals surface area contributed by atoms with E-state index in [0.717, 1.165) is 78.0 Å². The maximum Gasteiger partial charge on any atom is 0.0544 e. The Bertz CT molecular complexity index is 3390. The lowest BCUT2D eigenvalue weighted by Crippen LogP contribution is -2.15. The van der Waals surface area contributed by atoms with Gasteiger partial charge in [-0.05, 0) is 135 Å². The van der Waals surface area contributed by atoms with Crippen molar-refractivity contribution in [1.29, 1.82) is 0 Å². The molecule has 0 spiro atoms. The van der Waals surface area contributed by atoms with Crippen molar-refractivity contribution in [2.45, 2.75) is 26.2 Å². The van der Waals surface area contributed by atoms with Crippen LogP contribution in [0.5, 0.6) is 0 Å². The third kappa shape index (κ3) is 6.99. The van der Waals surface area contributed by atoms with Gasteiger partial charge in [0.1, 0.15) is 0 Å². The zero-order valence-corrected chi connectivity index (χ0v) is 36.6. The van der Waals surface area contributed by atoms with Crippen LogP contribution < -0.4 is 0 Å². The summed E-state index contributed by atoms with van der Waals surface area (Å²) in [5.41, 5.74) is 21.2. The first-order valence-electron chi connectivity index (χ1n) is 22.0. The van der Waals surface area contributed by atoms with E-state index in [2.05, 4.69) is 191 Å². The first-order chi connectivity index (χ1) is 31.9. The molecule has 5 aromatic carbocycles. The highest BCUT2D eigenvalue weighted by molar-refractivity contribution is 6.12. The van der Waals surface area contributed by atoms with Crippen molar-refractivity contribution in [3.05, 3.63) is 231 Å². The number of pyridine rings is 4. The fourth-order valence-electron chi connectivity index (χ4n) is 9.88. The number of aromatic nitrogens is 5. The number of hydrogen-bond donors (Lipinski definition) is 0. The van der Waals surface area contributed by atoms with Gasteiger partial charge in [-0.2, -0.15) is 0 Å². The summed E-state index contributed by atoms with van der Waals surface area (Å²) >= 11 is 0. The van der Waals surface area contributed by atoms with Crippen LogP contribution in [0.1, 0.15) is 31.9 Å². The van der Waals surface area contributed by atoms with Gasteiger partial charge in [-0.25, -0.2) is 0 Å².